The molecule has 1 atom stereocenters. The number of nitrogens with zero attached hydrogens (tertiary/aromatic N) is 4. The lowest BCUT2D eigenvalue weighted by Gasteiger charge is -2.25. The molecule has 2 amide bonds. The number of hydrogen-bond donors (Lipinski definition) is 1. The van der Waals surface area contributed by atoms with Crippen molar-refractivity contribution in [2.45, 2.75) is 32.7 Å². The Morgan fingerprint density at radius 3 is 2.58 bits per heavy atom. The van der Waals surface area contributed by atoms with E-state index in [0.29, 0.717) is 17.8 Å². The Labute approximate surface area is 140 Å². The highest BCUT2D eigenvalue weighted by Gasteiger charge is 2.34. The number of amides is 2. The minimum Gasteiger partial charge on any atom is -0.366 e. The lowest BCUT2D eigenvalue weighted by atomic mass is 10.0. The highest BCUT2D eigenvalue weighted by atomic mass is 16.2. The van der Waals surface area contributed by atoms with Crippen LogP contribution in [0.2, 0.25) is 0 Å². The first-order valence-corrected chi connectivity index (χ1v) is 7.97. The minimum absolute atomic E-state index is 0.0174. The summed E-state index contributed by atoms with van der Waals surface area (Å²) in [5.41, 5.74) is 8.99. The molecule has 3 rings (SSSR count). The SMILES string of the molecule is Cc1nn(C)c(C)c1[C@H]1CCCN1C(=O)c1ccc(C(N)=O)cn1. The third-order valence-corrected chi connectivity index (χ3v) is 4.68. The maximum absolute atomic E-state index is 12.9. The summed E-state index contributed by atoms with van der Waals surface area (Å²) in [7, 11) is 1.91. The van der Waals surface area contributed by atoms with E-state index in [-0.39, 0.29) is 11.9 Å². The molecule has 1 aliphatic heterocycles. The fourth-order valence-corrected chi connectivity index (χ4v) is 3.40. The first-order chi connectivity index (χ1) is 11.4. The molecule has 3 heterocycles. The van der Waals surface area contributed by atoms with Crippen LogP contribution in [0.25, 0.3) is 0 Å². The molecule has 24 heavy (non-hydrogen) atoms. The number of carbonyl (C=O) groups is 2. The highest BCUT2D eigenvalue weighted by Crippen LogP contribution is 2.36. The first kappa shape index (κ1) is 16.2. The summed E-state index contributed by atoms with van der Waals surface area (Å²) in [5.74, 6) is -0.682. The largest absolute Gasteiger partial charge is 0.366 e. The number of rotatable bonds is 3. The quantitative estimate of drug-likeness (QED) is 0.924. The molecule has 1 aliphatic rings. The van der Waals surface area contributed by atoms with E-state index in [1.807, 2.05) is 30.5 Å². The lowest BCUT2D eigenvalue weighted by molar-refractivity contribution is 0.0728. The van der Waals surface area contributed by atoms with Gasteiger partial charge in [-0.15, -0.1) is 0 Å². The van der Waals surface area contributed by atoms with Gasteiger partial charge in [0.25, 0.3) is 5.91 Å². The molecule has 2 aromatic rings. The normalized spacial score (nSPS) is 17.3. The first-order valence-electron chi connectivity index (χ1n) is 7.97. The van der Waals surface area contributed by atoms with Crippen molar-refractivity contribution in [3.63, 3.8) is 0 Å². The van der Waals surface area contributed by atoms with E-state index < -0.39 is 5.91 Å². The number of pyridine rings is 1. The highest BCUT2D eigenvalue weighted by molar-refractivity contribution is 5.95. The maximum Gasteiger partial charge on any atom is 0.272 e. The van der Waals surface area contributed by atoms with E-state index in [1.165, 1.54) is 12.3 Å². The molecule has 0 radical (unpaired) electrons. The van der Waals surface area contributed by atoms with Gasteiger partial charge in [0.05, 0.1) is 17.3 Å². The van der Waals surface area contributed by atoms with Crippen molar-refractivity contribution in [1.82, 2.24) is 19.7 Å². The number of likely N-dealkylation sites (tertiary alicyclic amines) is 1. The monoisotopic (exact) mass is 327 g/mol. The molecule has 2 N–H and O–H groups in total. The summed E-state index contributed by atoms with van der Waals surface area (Å²) < 4.78 is 1.85. The van der Waals surface area contributed by atoms with Crippen molar-refractivity contribution in [3.05, 3.63) is 46.5 Å². The van der Waals surface area contributed by atoms with Crippen LogP contribution in [0.4, 0.5) is 0 Å². The van der Waals surface area contributed by atoms with Crippen LogP contribution in [0, 0.1) is 13.8 Å². The van der Waals surface area contributed by atoms with Gasteiger partial charge in [0.15, 0.2) is 0 Å². The van der Waals surface area contributed by atoms with Gasteiger partial charge in [0, 0.05) is 31.0 Å². The number of aryl methyl sites for hydroxylation is 2. The van der Waals surface area contributed by atoms with Crippen LogP contribution in [-0.4, -0.2) is 38.0 Å². The molecule has 2 aromatic heterocycles. The predicted octanol–water partition coefficient (Wildman–Crippen LogP) is 1.51. The van der Waals surface area contributed by atoms with Gasteiger partial charge in [0.1, 0.15) is 5.69 Å². The standard InChI is InChI=1S/C17H21N5O2/c1-10-15(11(2)21(3)20-10)14-5-4-8-22(14)17(24)13-7-6-12(9-19-13)16(18)23/h6-7,9,14H,4-5,8H2,1-3H3,(H2,18,23)/t14-/m1/s1. The van der Waals surface area contributed by atoms with Gasteiger partial charge in [-0.3, -0.25) is 19.3 Å². The molecule has 7 nitrogen and oxygen atoms in total. The Morgan fingerprint density at radius 2 is 2.04 bits per heavy atom. The average Bonchev–Trinajstić information content (AvgIpc) is 3.12. The second-order valence-electron chi connectivity index (χ2n) is 6.16. The molecule has 0 unspecified atom stereocenters. The number of carbonyl (C=O) groups excluding carboxylic acids is 2. The molecule has 0 saturated carbocycles. The Balaban J connectivity index is 1.90. The van der Waals surface area contributed by atoms with Gasteiger partial charge in [-0.1, -0.05) is 0 Å². The zero-order valence-corrected chi connectivity index (χ0v) is 14.1. The number of nitrogens with two attached hydrogens (primary N) is 1. The molecule has 1 fully saturated rings. The molecule has 0 spiro atoms. The third-order valence-electron chi connectivity index (χ3n) is 4.68. The molecule has 1 saturated heterocycles. The molecule has 0 bridgehead atoms. The molecule has 0 aliphatic carbocycles. The van der Waals surface area contributed by atoms with Crippen LogP contribution >= 0.6 is 0 Å². The van der Waals surface area contributed by atoms with Crippen molar-refractivity contribution in [2.24, 2.45) is 12.8 Å². The second kappa shape index (κ2) is 6.07. The van der Waals surface area contributed by atoms with Crippen LogP contribution in [0.5, 0.6) is 0 Å². The van der Waals surface area contributed by atoms with Crippen LogP contribution < -0.4 is 5.73 Å². The number of primary amides is 1. The molecular formula is C17H21N5O2. The van der Waals surface area contributed by atoms with E-state index in [4.69, 9.17) is 5.73 Å². The second-order valence-corrected chi connectivity index (χ2v) is 6.16. The summed E-state index contributed by atoms with van der Waals surface area (Å²) in [4.78, 5) is 30.0. The Bertz CT molecular complexity index is 794. The van der Waals surface area contributed by atoms with Crippen LogP contribution in [0.15, 0.2) is 18.3 Å². The van der Waals surface area contributed by atoms with Gasteiger partial charge in [0.2, 0.25) is 5.91 Å². The zero-order chi connectivity index (χ0) is 17.4. The number of aromatic nitrogens is 3. The van der Waals surface area contributed by atoms with Crippen molar-refractivity contribution >= 4 is 11.8 Å². The maximum atomic E-state index is 12.9. The Morgan fingerprint density at radius 1 is 1.29 bits per heavy atom. The van der Waals surface area contributed by atoms with E-state index in [9.17, 15) is 9.59 Å². The van der Waals surface area contributed by atoms with Gasteiger partial charge in [-0.2, -0.15) is 5.10 Å². The molecule has 0 aromatic carbocycles. The van der Waals surface area contributed by atoms with Crippen molar-refractivity contribution in [2.75, 3.05) is 6.54 Å². The van der Waals surface area contributed by atoms with Crippen molar-refractivity contribution < 1.29 is 9.59 Å². The van der Waals surface area contributed by atoms with Crippen LogP contribution in [0.3, 0.4) is 0 Å². The number of hydrogen-bond acceptors (Lipinski definition) is 4. The van der Waals surface area contributed by atoms with Crippen LogP contribution in [-0.2, 0) is 7.05 Å². The Hall–Kier alpha value is -2.70. The van der Waals surface area contributed by atoms with E-state index in [2.05, 4.69) is 10.1 Å². The fourth-order valence-electron chi connectivity index (χ4n) is 3.40. The van der Waals surface area contributed by atoms with Crippen LogP contribution in [0.1, 0.15) is 56.7 Å². The van der Waals surface area contributed by atoms with Gasteiger partial charge in [-0.05, 0) is 38.8 Å². The molecular weight excluding hydrogens is 306 g/mol. The lowest BCUT2D eigenvalue weighted by Crippen LogP contribution is -2.31. The summed E-state index contributed by atoms with van der Waals surface area (Å²) in [6.45, 7) is 4.69. The summed E-state index contributed by atoms with van der Waals surface area (Å²) in [6.07, 6.45) is 3.21. The smallest absolute Gasteiger partial charge is 0.272 e. The van der Waals surface area contributed by atoms with E-state index >= 15 is 0 Å². The summed E-state index contributed by atoms with van der Waals surface area (Å²) >= 11 is 0. The van der Waals surface area contributed by atoms with E-state index in [1.54, 1.807) is 6.07 Å². The van der Waals surface area contributed by atoms with Crippen molar-refractivity contribution in [1.29, 1.82) is 0 Å². The minimum atomic E-state index is -0.554. The Kier molecular flexibility index (Phi) is 4.09. The van der Waals surface area contributed by atoms with Crippen molar-refractivity contribution in [3.8, 4) is 0 Å². The summed E-state index contributed by atoms with van der Waals surface area (Å²) in [5, 5.41) is 4.46. The van der Waals surface area contributed by atoms with Gasteiger partial charge < -0.3 is 10.6 Å². The summed E-state index contributed by atoms with van der Waals surface area (Å²) in [6, 6.07) is 3.11. The van der Waals surface area contributed by atoms with E-state index in [0.717, 1.165) is 29.8 Å². The van der Waals surface area contributed by atoms with Gasteiger partial charge >= 0.3 is 0 Å². The third kappa shape index (κ3) is 2.66. The average molecular weight is 327 g/mol. The topological polar surface area (TPSA) is 94.1 Å². The molecule has 7 heteroatoms. The fraction of sp³-hybridized carbons (Fsp3) is 0.412. The predicted molar refractivity (Wildman–Crippen MR) is 88.4 cm³/mol. The molecule has 126 valence electrons. The van der Waals surface area contributed by atoms with Gasteiger partial charge in [-0.25, -0.2) is 0 Å². The zero-order valence-electron chi connectivity index (χ0n) is 14.1.